The quantitative estimate of drug-likeness (QED) is 0.901. The number of rotatable bonds is 3. The number of hydrogen-bond donors (Lipinski definition) is 1. The Bertz CT molecular complexity index is 651. The van der Waals surface area contributed by atoms with Crippen LogP contribution in [0.4, 0.5) is 0 Å². The summed E-state index contributed by atoms with van der Waals surface area (Å²) >= 11 is 0. The van der Waals surface area contributed by atoms with Crippen LogP contribution in [0.1, 0.15) is 53.9 Å². The van der Waals surface area contributed by atoms with Crippen LogP contribution in [0, 0.1) is 13.8 Å². The zero-order valence-corrected chi connectivity index (χ0v) is 12.2. The smallest absolute Gasteiger partial charge is 0.335 e. The molecular weight excluding hydrogens is 238 g/mol. The summed E-state index contributed by atoms with van der Waals surface area (Å²) in [6, 6.07) is 2.16. The molecule has 0 unspecified atom stereocenters. The third-order valence-corrected chi connectivity index (χ3v) is 3.79. The SMILES string of the molecule is CCc1cn(C(C)C)c2c(C)cc(C(=O)O)c(C)c12. The van der Waals surface area contributed by atoms with E-state index in [1.165, 1.54) is 11.1 Å². The Hall–Kier alpha value is -1.77. The van der Waals surface area contributed by atoms with Gasteiger partial charge < -0.3 is 9.67 Å². The van der Waals surface area contributed by atoms with Crippen molar-refractivity contribution >= 4 is 16.9 Å². The van der Waals surface area contributed by atoms with Crippen LogP contribution in [-0.2, 0) is 6.42 Å². The first-order valence-corrected chi connectivity index (χ1v) is 6.75. The summed E-state index contributed by atoms with van der Waals surface area (Å²) < 4.78 is 2.25. The predicted octanol–water partition coefficient (Wildman–Crippen LogP) is 4.10. The van der Waals surface area contributed by atoms with Crippen molar-refractivity contribution in [3.8, 4) is 0 Å². The van der Waals surface area contributed by atoms with Gasteiger partial charge in [-0.3, -0.25) is 0 Å². The average molecular weight is 259 g/mol. The van der Waals surface area contributed by atoms with Crippen LogP contribution in [0.5, 0.6) is 0 Å². The summed E-state index contributed by atoms with van der Waals surface area (Å²) in [6.45, 7) is 10.3. The van der Waals surface area contributed by atoms with Crippen molar-refractivity contribution in [1.29, 1.82) is 0 Å². The second-order valence-electron chi connectivity index (χ2n) is 5.40. The van der Waals surface area contributed by atoms with Crippen molar-refractivity contribution in [2.75, 3.05) is 0 Å². The Balaban J connectivity index is 2.95. The summed E-state index contributed by atoms with van der Waals surface area (Å²) in [7, 11) is 0. The van der Waals surface area contributed by atoms with E-state index in [9.17, 15) is 9.90 Å². The number of aromatic carboxylic acids is 1. The van der Waals surface area contributed by atoms with E-state index in [2.05, 4.69) is 31.5 Å². The summed E-state index contributed by atoms with van der Waals surface area (Å²) in [5, 5.41) is 10.4. The number of aromatic nitrogens is 1. The van der Waals surface area contributed by atoms with Crippen molar-refractivity contribution < 1.29 is 9.90 Å². The van der Waals surface area contributed by atoms with Crippen LogP contribution in [0.15, 0.2) is 12.3 Å². The van der Waals surface area contributed by atoms with E-state index >= 15 is 0 Å². The van der Waals surface area contributed by atoms with Crippen LogP contribution >= 0.6 is 0 Å². The molecule has 0 saturated heterocycles. The number of benzene rings is 1. The van der Waals surface area contributed by atoms with Gasteiger partial charge in [0.05, 0.1) is 11.1 Å². The Morgan fingerprint density at radius 3 is 2.47 bits per heavy atom. The Labute approximate surface area is 113 Å². The lowest BCUT2D eigenvalue weighted by Crippen LogP contribution is -2.04. The molecule has 0 radical (unpaired) electrons. The molecule has 0 fully saturated rings. The van der Waals surface area contributed by atoms with Crippen LogP contribution in [0.25, 0.3) is 10.9 Å². The molecule has 0 aliphatic heterocycles. The molecular formula is C16H21NO2. The summed E-state index contributed by atoms with van der Waals surface area (Å²) in [4.78, 5) is 11.4. The molecule has 0 aliphatic rings. The summed E-state index contributed by atoms with van der Waals surface area (Å²) in [5.74, 6) is -0.846. The molecule has 0 spiro atoms. The van der Waals surface area contributed by atoms with E-state index in [-0.39, 0.29) is 0 Å². The molecule has 102 valence electrons. The van der Waals surface area contributed by atoms with Crippen LogP contribution in [0.3, 0.4) is 0 Å². The van der Waals surface area contributed by atoms with Crippen molar-refractivity contribution in [3.05, 3.63) is 34.5 Å². The van der Waals surface area contributed by atoms with Crippen LogP contribution < -0.4 is 0 Å². The summed E-state index contributed by atoms with van der Waals surface area (Å²) in [6.07, 6.45) is 3.08. The number of carboxylic acids is 1. The van der Waals surface area contributed by atoms with E-state index < -0.39 is 5.97 Å². The van der Waals surface area contributed by atoms with Gasteiger partial charge in [0, 0.05) is 17.6 Å². The highest BCUT2D eigenvalue weighted by molar-refractivity contribution is 6.00. The van der Waals surface area contributed by atoms with Crippen molar-refractivity contribution in [1.82, 2.24) is 4.57 Å². The van der Waals surface area contributed by atoms with E-state index in [0.29, 0.717) is 11.6 Å². The number of aryl methyl sites for hydroxylation is 3. The zero-order chi connectivity index (χ0) is 14.3. The number of carboxylic acid groups (broad SMARTS) is 1. The van der Waals surface area contributed by atoms with Crippen molar-refractivity contribution in [2.24, 2.45) is 0 Å². The van der Waals surface area contributed by atoms with Crippen LogP contribution in [0.2, 0.25) is 0 Å². The number of hydrogen-bond acceptors (Lipinski definition) is 1. The minimum Gasteiger partial charge on any atom is -0.478 e. The predicted molar refractivity (Wildman–Crippen MR) is 78.1 cm³/mol. The molecule has 3 nitrogen and oxygen atoms in total. The normalized spacial score (nSPS) is 11.5. The van der Waals surface area contributed by atoms with Gasteiger partial charge in [0.15, 0.2) is 0 Å². The molecule has 0 bridgehead atoms. The number of fused-ring (bicyclic) bond motifs is 1. The first kappa shape index (κ1) is 13.7. The maximum absolute atomic E-state index is 11.4. The highest BCUT2D eigenvalue weighted by atomic mass is 16.4. The molecule has 19 heavy (non-hydrogen) atoms. The Morgan fingerprint density at radius 2 is 2.00 bits per heavy atom. The molecule has 0 saturated carbocycles. The second kappa shape index (κ2) is 4.72. The van der Waals surface area contributed by atoms with E-state index in [0.717, 1.165) is 22.9 Å². The maximum Gasteiger partial charge on any atom is 0.335 e. The fourth-order valence-corrected chi connectivity index (χ4v) is 2.82. The maximum atomic E-state index is 11.4. The molecule has 2 aromatic rings. The van der Waals surface area contributed by atoms with Gasteiger partial charge in [0.2, 0.25) is 0 Å². The third kappa shape index (κ3) is 2.03. The standard InChI is InChI=1S/C16H21NO2/c1-6-12-8-17(9(2)3)15-10(4)7-13(16(18)19)11(5)14(12)15/h7-9H,6H2,1-5H3,(H,18,19). The Kier molecular flexibility index (Phi) is 3.40. The Morgan fingerprint density at radius 1 is 1.37 bits per heavy atom. The van der Waals surface area contributed by atoms with Gasteiger partial charge in [-0.15, -0.1) is 0 Å². The summed E-state index contributed by atoms with van der Waals surface area (Å²) in [5.41, 5.74) is 4.73. The second-order valence-corrected chi connectivity index (χ2v) is 5.40. The number of nitrogens with zero attached hydrogens (tertiary/aromatic N) is 1. The highest BCUT2D eigenvalue weighted by Gasteiger charge is 2.18. The van der Waals surface area contributed by atoms with Gasteiger partial charge in [-0.1, -0.05) is 6.92 Å². The van der Waals surface area contributed by atoms with Gasteiger partial charge >= 0.3 is 5.97 Å². The van der Waals surface area contributed by atoms with Gasteiger partial charge in [-0.2, -0.15) is 0 Å². The number of carbonyl (C=O) groups is 1. The molecule has 1 heterocycles. The first-order valence-electron chi connectivity index (χ1n) is 6.75. The minimum absolute atomic E-state index is 0.372. The van der Waals surface area contributed by atoms with Gasteiger partial charge in [-0.05, 0) is 56.9 Å². The van der Waals surface area contributed by atoms with E-state index in [1.807, 2.05) is 13.8 Å². The van der Waals surface area contributed by atoms with Gasteiger partial charge in [0.25, 0.3) is 0 Å². The van der Waals surface area contributed by atoms with E-state index in [4.69, 9.17) is 0 Å². The zero-order valence-electron chi connectivity index (χ0n) is 12.2. The molecule has 0 aliphatic carbocycles. The first-order chi connectivity index (χ1) is 8.88. The fraction of sp³-hybridized carbons (Fsp3) is 0.438. The molecule has 1 N–H and O–H groups in total. The molecule has 3 heteroatoms. The lowest BCUT2D eigenvalue weighted by Gasteiger charge is -2.13. The average Bonchev–Trinajstić information content (AvgIpc) is 2.73. The van der Waals surface area contributed by atoms with Crippen molar-refractivity contribution in [2.45, 2.75) is 47.1 Å². The lowest BCUT2D eigenvalue weighted by atomic mass is 9.97. The largest absolute Gasteiger partial charge is 0.478 e. The fourth-order valence-electron chi connectivity index (χ4n) is 2.82. The molecule has 0 atom stereocenters. The minimum atomic E-state index is -0.846. The van der Waals surface area contributed by atoms with Crippen molar-refractivity contribution in [3.63, 3.8) is 0 Å². The monoisotopic (exact) mass is 259 g/mol. The van der Waals surface area contributed by atoms with Crippen LogP contribution in [-0.4, -0.2) is 15.6 Å². The molecule has 0 amide bonds. The van der Waals surface area contributed by atoms with Gasteiger partial charge in [0.1, 0.15) is 0 Å². The van der Waals surface area contributed by atoms with E-state index in [1.54, 1.807) is 6.07 Å². The third-order valence-electron chi connectivity index (χ3n) is 3.79. The molecule has 1 aromatic carbocycles. The topological polar surface area (TPSA) is 42.2 Å². The molecule has 2 rings (SSSR count). The highest BCUT2D eigenvalue weighted by Crippen LogP contribution is 2.32. The molecule has 1 aromatic heterocycles. The lowest BCUT2D eigenvalue weighted by molar-refractivity contribution is 0.0696. The van der Waals surface area contributed by atoms with Gasteiger partial charge in [-0.25, -0.2) is 4.79 Å².